The predicted octanol–water partition coefficient (Wildman–Crippen LogP) is 5.69. The summed E-state index contributed by atoms with van der Waals surface area (Å²) in [5.74, 6) is -0.703. The summed E-state index contributed by atoms with van der Waals surface area (Å²) in [6.45, 7) is 6.53. The van der Waals surface area contributed by atoms with Crippen molar-refractivity contribution in [2.45, 2.75) is 46.3 Å². The van der Waals surface area contributed by atoms with E-state index in [-0.39, 0.29) is 56.1 Å². The molecule has 10 heteroatoms. The Labute approximate surface area is 210 Å². The van der Waals surface area contributed by atoms with Gasteiger partial charge in [-0.15, -0.1) is 11.3 Å². The van der Waals surface area contributed by atoms with E-state index in [2.05, 4.69) is 33.7 Å². The fourth-order valence-corrected chi connectivity index (χ4v) is 6.39. The van der Waals surface area contributed by atoms with Crippen LogP contribution in [-0.2, 0) is 18.0 Å². The molecule has 0 saturated carbocycles. The van der Waals surface area contributed by atoms with Crippen molar-refractivity contribution in [3.8, 4) is 17.3 Å². The Morgan fingerprint density at radius 1 is 1.22 bits per heavy atom. The number of nitriles is 1. The van der Waals surface area contributed by atoms with E-state index in [1.54, 1.807) is 6.20 Å². The van der Waals surface area contributed by atoms with E-state index in [1.807, 2.05) is 6.07 Å². The number of ether oxygens (including phenoxy) is 1. The minimum atomic E-state index is -0.602. The maximum atomic E-state index is 16.4. The van der Waals surface area contributed by atoms with E-state index in [4.69, 9.17) is 10.5 Å². The Bertz CT molecular complexity index is 1590. The third-order valence-electron chi connectivity index (χ3n) is 7.29. The van der Waals surface area contributed by atoms with Crippen LogP contribution in [0.15, 0.2) is 12.4 Å². The molecule has 0 radical (unpaired) electrons. The van der Waals surface area contributed by atoms with E-state index < -0.39 is 11.6 Å². The lowest BCUT2D eigenvalue weighted by atomic mass is 9.78. The first kappa shape index (κ1) is 23.0. The molecule has 0 bridgehead atoms. The van der Waals surface area contributed by atoms with Crippen LogP contribution in [0.5, 0.6) is 0 Å². The smallest absolute Gasteiger partial charge is 0.226 e. The van der Waals surface area contributed by atoms with Gasteiger partial charge in [-0.3, -0.25) is 4.98 Å². The van der Waals surface area contributed by atoms with Crippen LogP contribution < -0.4 is 10.6 Å². The van der Waals surface area contributed by atoms with Crippen LogP contribution in [0, 0.1) is 28.4 Å². The van der Waals surface area contributed by atoms with Crippen molar-refractivity contribution in [2.75, 3.05) is 23.7 Å². The highest BCUT2D eigenvalue weighted by Crippen LogP contribution is 2.45. The number of hydrogen-bond acceptors (Lipinski definition) is 8. The number of hydrogen-bond donors (Lipinski definition) is 1. The number of unbranched alkanes of at least 4 members (excludes halogenated alkanes) is 1. The van der Waals surface area contributed by atoms with Gasteiger partial charge < -0.3 is 15.4 Å². The van der Waals surface area contributed by atoms with Crippen LogP contribution in [0.1, 0.15) is 49.8 Å². The number of halogens is 2. The van der Waals surface area contributed by atoms with E-state index >= 15 is 4.39 Å². The molecule has 36 heavy (non-hydrogen) atoms. The lowest BCUT2D eigenvalue weighted by Crippen LogP contribution is -2.55. The standard InChI is InChI=1S/C26H24F2N6OS/c1-3-4-5-26(2)11-34(12-26)25-32-7-14-15-9-35-10-16(15)18(20(28)21(14)33-25)22-19-13(6-29)24(30)36-23(19)17(27)8-31-22/h7-8H,3-5,9-12,30H2,1-2H3. The van der Waals surface area contributed by atoms with Gasteiger partial charge in [0.2, 0.25) is 5.95 Å². The molecule has 1 saturated heterocycles. The number of rotatable bonds is 5. The van der Waals surface area contributed by atoms with E-state index in [0.29, 0.717) is 16.9 Å². The zero-order chi connectivity index (χ0) is 25.2. The lowest BCUT2D eigenvalue weighted by molar-refractivity contribution is 0.135. The maximum Gasteiger partial charge on any atom is 0.226 e. The summed E-state index contributed by atoms with van der Waals surface area (Å²) < 4.78 is 36.8. The Morgan fingerprint density at radius 3 is 2.75 bits per heavy atom. The second-order valence-electron chi connectivity index (χ2n) is 9.95. The summed E-state index contributed by atoms with van der Waals surface area (Å²) in [5.41, 5.74) is 8.23. The number of pyridine rings is 1. The molecule has 0 unspecified atom stereocenters. The molecule has 0 spiro atoms. The van der Waals surface area contributed by atoms with Gasteiger partial charge >= 0.3 is 0 Å². The van der Waals surface area contributed by atoms with Crippen LogP contribution in [0.3, 0.4) is 0 Å². The zero-order valence-corrected chi connectivity index (χ0v) is 20.8. The molecule has 2 aliphatic rings. The summed E-state index contributed by atoms with van der Waals surface area (Å²) >= 11 is 0.958. The highest BCUT2D eigenvalue weighted by Gasteiger charge is 2.39. The van der Waals surface area contributed by atoms with E-state index in [9.17, 15) is 9.65 Å². The Morgan fingerprint density at radius 2 is 2.00 bits per heavy atom. The van der Waals surface area contributed by atoms with Crippen molar-refractivity contribution >= 4 is 43.3 Å². The van der Waals surface area contributed by atoms with Crippen molar-refractivity contribution in [3.05, 3.63) is 40.7 Å². The molecule has 2 N–H and O–H groups in total. The van der Waals surface area contributed by atoms with Gasteiger partial charge in [0.15, 0.2) is 11.6 Å². The average molecular weight is 507 g/mol. The first-order valence-electron chi connectivity index (χ1n) is 11.9. The molecule has 5 heterocycles. The van der Waals surface area contributed by atoms with Gasteiger partial charge in [0, 0.05) is 41.0 Å². The number of thiophene rings is 1. The van der Waals surface area contributed by atoms with Crippen molar-refractivity contribution in [1.29, 1.82) is 5.26 Å². The van der Waals surface area contributed by atoms with Gasteiger partial charge in [-0.25, -0.2) is 18.7 Å². The van der Waals surface area contributed by atoms with Crippen molar-refractivity contribution in [2.24, 2.45) is 5.41 Å². The van der Waals surface area contributed by atoms with Crippen LogP contribution in [0.2, 0.25) is 0 Å². The number of benzene rings is 1. The molecule has 1 aromatic carbocycles. The lowest BCUT2D eigenvalue weighted by Gasteiger charge is -2.48. The van der Waals surface area contributed by atoms with Crippen LogP contribution in [0.25, 0.3) is 32.2 Å². The molecule has 4 aromatic rings. The number of nitrogens with zero attached hydrogens (tertiary/aromatic N) is 5. The molecular formula is C26H24F2N6OS. The first-order valence-corrected chi connectivity index (χ1v) is 12.8. The maximum absolute atomic E-state index is 16.4. The van der Waals surface area contributed by atoms with Crippen LogP contribution >= 0.6 is 11.3 Å². The van der Waals surface area contributed by atoms with Crippen molar-refractivity contribution in [3.63, 3.8) is 0 Å². The fourth-order valence-electron chi connectivity index (χ4n) is 5.47. The average Bonchev–Trinajstić information content (AvgIpc) is 3.47. The topological polar surface area (TPSA) is 101 Å². The molecule has 6 rings (SSSR count). The number of anilines is 2. The van der Waals surface area contributed by atoms with Gasteiger partial charge in [-0.05, 0) is 17.5 Å². The van der Waals surface area contributed by atoms with Gasteiger partial charge in [0.1, 0.15) is 16.6 Å². The van der Waals surface area contributed by atoms with Crippen molar-refractivity contribution in [1.82, 2.24) is 15.0 Å². The van der Waals surface area contributed by atoms with Crippen LogP contribution in [0.4, 0.5) is 19.7 Å². The summed E-state index contributed by atoms with van der Waals surface area (Å²) in [7, 11) is 0. The fraction of sp³-hybridized carbons (Fsp3) is 0.385. The predicted molar refractivity (Wildman–Crippen MR) is 136 cm³/mol. The Kier molecular flexibility index (Phi) is 5.32. The third kappa shape index (κ3) is 3.33. The van der Waals surface area contributed by atoms with E-state index in [0.717, 1.165) is 49.0 Å². The van der Waals surface area contributed by atoms with E-state index in [1.165, 1.54) is 6.42 Å². The zero-order valence-electron chi connectivity index (χ0n) is 20.0. The number of nitrogen functional groups attached to an aromatic ring is 1. The van der Waals surface area contributed by atoms with Gasteiger partial charge in [0.05, 0.1) is 35.4 Å². The molecule has 2 aliphatic heterocycles. The molecule has 184 valence electrons. The third-order valence-corrected chi connectivity index (χ3v) is 8.32. The highest BCUT2D eigenvalue weighted by atomic mass is 32.1. The number of nitrogens with two attached hydrogens (primary N) is 1. The first-order chi connectivity index (χ1) is 17.3. The molecule has 0 aliphatic carbocycles. The quantitative estimate of drug-likeness (QED) is 0.371. The van der Waals surface area contributed by atoms with Gasteiger partial charge in [-0.2, -0.15) is 5.26 Å². The van der Waals surface area contributed by atoms with Gasteiger partial charge in [0.25, 0.3) is 0 Å². The van der Waals surface area contributed by atoms with Gasteiger partial charge in [-0.1, -0.05) is 26.7 Å². The minimum absolute atomic E-state index is 0.0967. The molecule has 0 amide bonds. The monoisotopic (exact) mass is 506 g/mol. The largest absolute Gasteiger partial charge is 0.389 e. The Hall–Kier alpha value is -3.42. The van der Waals surface area contributed by atoms with Crippen LogP contribution in [-0.4, -0.2) is 28.0 Å². The number of aromatic nitrogens is 3. The minimum Gasteiger partial charge on any atom is -0.389 e. The second-order valence-corrected chi connectivity index (χ2v) is 11.0. The molecular weight excluding hydrogens is 482 g/mol. The number of fused-ring (bicyclic) bond motifs is 4. The summed E-state index contributed by atoms with van der Waals surface area (Å²) in [5, 5.41) is 10.7. The molecule has 7 nitrogen and oxygen atoms in total. The second kappa shape index (κ2) is 8.32. The molecule has 3 aromatic heterocycles. The Balaban J connectivity index is 1.53. The summed E-state index contributed by atoms with van der Waals surface area (Å²) in [6.07, 6.45) is 6.16. The molecule has 0 atom stereocenters. The summed E-state index contributed by atoms with van der Waals surface area (Å²) in [4.78, 5) is 15.5. The normalized spacial score (nSPS) is 16.4. The summed E-state index contributed by atoms with van der Waals surface area (Å²) in [6, 6.07) is 2.03. The van der Waals surface area contributed by atoms with Crippen molar-refractivity contribution < 1.29 is 13.5 Å². The molecule has 1 fully saturated rings. The SMILES string of the molecule is CCCCC1(C)CN(c2ncc3c4c(c(-c5ncc(F)c6sc(N)c(C#N)c56)c(F)c3n2)COC4)C1. The highest BCUT2D eigenvalue weighted by molar-refractivity contribution is 7.23.